The molecule has 3 aromatic heterocycles. The second-order valence-electron chi connectivity index (χ2n) is 8.79. The molecule has 0 saturated heterocycles. The molecule has 4 heterocycles. The van der Waals surface area contributed by atoms with Crippen molar-refractivity contribution in [3.05, 3.63) is 75.4 Å². The van der Waals surface area contributed by atoms with Gasteiger partial charge < -0.3 is 5.11 Å². The molecule has 1 aliphatic heterocycles. The van der Waals surface area contributed by atoms with Gasteiger partial charge in [0.1, 0.15) is 22.6 Å². The van der Waals surface area contributed by atoms with Crippen molar-refractivity contribution in [1.82, 2.24) is 24.7 Å². The molecule has 2 atom stereocenters. The Morgan fingerprint density at radius 1 is 1.08 bits per heavy atom. The van der Waals surface area contributed by atoms with Crippen LogP contribution in [0.25, 0.3) is 16.4 Å². The third kappa shape index (κ3) is 4.20. The summed E-state index contributed by atoms with van der Waals surface area (Å²) in [6.45, 7) is 7.36. The Morgan fingerprint density at radius 3 is 2.41 bits per heavy atom. The Labute approximate surface area is 213 Å². The van der Waals surface area contributed by atoms with E-state index >= 15 is 0 Å². The maximum absolute atomic E-state index is 13.1. The van der Waals surface area contributed by atoms with Gasteiger partial charge >= 0.3 is 12.1 Å². The number of nitrogens with zero attached hydrogens (tertiary/aromatic N) is 6. The minimum absolute atomic E-state index is 0.0494. The molecule has 12 heteroatoms. The number of carbonyl (C=O) groups is 1. The van der Waals surface area contributed by atoms with Crippen LogP contribution in [0.3, 0.4) is 0 Å². The number of fused-ring (bicyclic) bond motifs is 3. The third-order valence-corrected chi connectivity index (χ3v) is 7.61. The van der Waals surface area contributed by atoms with Crippen molar-refractivity contribution >= 4 is 23.0 Å². The Hall–Kier alpha value is -3.93. The summed E-state index contributed by atoms with van der Waals surface area (Å²) in [6.07, 6.45) is -3.50. The van der Waals surface area contributed by atoms with Crippen molar-refractivity contribution in [2.45, 2.75) is 39.9 Å². The van der Waals surface area contributed by atoms with Gasteiger partial charge in [-0.2, -0.15) is 13.2 Å². The van der Waals surface area contributed by atoms with E-state index in [1.807, 2.05) is 25.3 Å². The largest absolute Gasteiger partial charge is 0.481 e. The summed E-state index contributed by atoms with van der Waals surface area (Å²) in [5.41, 5.74) is 2.48. The number of carboxylic acids is 1. The van der Waals surface area contributed by atoms with Crippen LogP contribution in [0.15, 0.2) is 41.5 Å². The minimum Gasteiger partial charge on any atom is -0.481 e. The number of thiophene rings is 1. The van der Waals surface area contributed by atoms with Crippen molar-refractivity contribution < 1.29 is 23.1 Å². The van der Waals surface area contributed by atoms with Crippen LogP contribution in [0.4, 0.5) is 13.2 Å². The molecule has 1 aliphatic rings. The summed E-state index contributed by atoms with van der Waals surface area (Å²) in [6, 6.07) is 6.75. The van der Waals surface area contributed by atoms with E-state index in [1.54, 1.807) is 42.5 Å². The maximum Gasteiger partial charge on any atom is 0.433 e. The van der Waals surface area contributed by atoms with E-state index in [1.165, 1.54) is 0 Å². The lowest BCUT2D eigenvalue weighted by Gasteiger charge is -2.16. The fraction of sp³-hybridized carbons (Fsp3) is 0.280. The predicted octanol–water partition coefficient (Wildman–Crippen LogP) is 5.34. The minimum atomic E-state index is -4.58. The molecular weight excluding hydrogens is 505 g/mol. The van der Waals surface area contributed by atoms with Gasteiger partial charge in [0.25, 0.3) is 0 Å². The fourth-order valence-corrected chi connectivity index (χ4v) is 5.46. The highest BCUT2D eigenvalue weighted by Gasteiger charge is 2.36. The van der Waals surface area contributed by atoms with Crippen molar-refractivity contribution in [3.8, 4) is 16.4 Å². The van der Waals surface area contributed by atoms with E-state index < -0.39 is 29.8 Å². The number of hydrogen-bond acceptors (Lipinski definition) is 7. The smallest absolute Gasteiger partial charge is 0.433 e. The molecule has 0 fully saturated rings. The van der Waals surface area contributed by atoms with Gasteiger partial charge in [0.15, 0.2) is 11.6 Å². The number of aliphatic imine (C=N–C) groups is 1. The standard InChI is InChI=1S/C25H21F3N6O2S/c1-11-13(3)37-23-18(11)20(31-19(12(2)24(35)36)22-33-32-14(4)34(22)23)15-5-7-16(8-6-15)21-29-10-9-17(30-21)25(26,27)28/h5-10,12,19H,1-4H3,(H,35,36)/t12-,19?/m0/s1. The van der Waals surface area contributed by atoms with Crippen molar-refractivity contribution in [1.29, 1.82) is 0 Å². The van der Waals surface area contributed by atoms with Crippen LogP contribution < -0.4 is 0 Å². The van der Waals surface area contributed by atoms with Crippen LogP contribution in [0.5, 0.6) is 0 Å². The first-order valence-electron chi connectivity index (χ1n) is 11.3. The van der Waals surface area contributed by atoms with Gasteiger partial charge in [0.05, 0.1) is 11.6 Å². The number of hydrogen-bond donors (Lipinski definition) is 1. The highest BCUT2D eigenvalue weighted by atomic mass is 32.1. The van der Waals surface area contributed by atoms with Gasteiger partial charge in [-0.25, -0.2) is 9.97 Å². The highest BCUT2D eigenvalue weighted by Crippen LogP contribution is 2.40. The van der Waals surface area contributed by atoms with E-state index in [-0.39, 0.29) is 5.82 Å². The van der Waals surface area contributed by atoms with Gasteiger partial charge in [-0.1, -0.05) is 24.3 Å². The normalized spacial score (nSPS) is 16.0. The number of carboxylic acid groups (broad SMARTS) is 1. The van der Waals surface area contributed by atoms with Gasteiger partial charge in [-0.05, 0) is 39.3 Å². The lowest BCUT2D eigenvalue weighted by atomic mass is 9.97. The molecule has 5 rings (SSSR count). The molecule has 0 amide bonds. The zero-order valence-electron chi connectivity index (χ0n) is 20.2. The highest BCUT2D eigenvalue weighted by molar-refractivity contribution is 7.15. The van der Waals surface area contributed by atoms with E-state index in [2.05, 4.69) is 20.2 Å². The van der Waals surface area contributed by atoms with E-state index in [4.69, 9.17) is 4.99 Å². The van der Waals surface area contributed by atoms with Gasteiger partial charge in [0.2, 0.25) is 0 Å². The first kappa shape index (κ1) is 24.8. The summed E-state index contributed by atoms with van der Waals surface area (Å²) < 4.78 is 41.2. The molecule has 8 nitrogen and oxygen atoms in total. The second-order valence-corrected chi connectivity index (χ2v) is 10.00. The summed E-state index contributed by atoms with van der Waals surface area (Å²) in [5.74, 6) is -0.889. The van der Waals surface area contributed by atoms with Crippen LogP contribution in [0.2, 0.25) is 0 Å². The molecular formula is C25H21F3N6O2S. The first-order chi connectivity index (χ1) is 17.5. The van der Waals surface area contributed by atoms with Crippen LogP contribution in [-0.4, -0.2) is 41.5 Å². The third-order valence-electron chi connectivity index (χ3n) is 6.41. The average Bonchev–Trinajstić information content (AvgIpc) is 3.33. The second kappa shape index (κ2) is 8.87. The quantitative estimate of drug-likeness (QED) is 0.385. The monoisotopic (exact) mass is 526 g/mol. The molecule has 0 radical (unpaired) electrons. The molecule has 0 saturated carbocycles. The Kier molecular flexibility index (Phi) is 5.94. The average molecular weight is 527 g/mol. The lowest BCUT2D eigenvalue weighted by molar-refractivity contribution is -0.142. The van der Waals surface area contributed by atoms with Crippen LogP contribution in [0, 0.1) is 26.7 Å². The van der Waals surface area contributed by atoms with E-state index in [0.717, 1.165) is 33.3 Å². The SMILES string of the molecule is Cc1sc2c(c1C)C(c1ccc(-c3nccc(C(F)(F)F)n3)cc1)=NC([C@H](C)C(=O)O)c1nnc(C)n1-2. The summed E-state index contributed by atoms with van der Waals surface area (Å²) in [7, 11) is 0. The fourth-order valence-electron chi connectivity index (χ4n) is 4.25. The number of halogens is 3. The molecule has 190 valence electrons. The van der Waals surface area contributed by atoms with Gasteiger partial charge in [-0.3, -0.25) is 14.4 Å². The number of rotatable bonds is 4. The Balaban J connectivity index is 1.67. The summed E-state index contributed by atoms with van der Waals surface area (Å²) in [5, 5.41) is 19.1. The van der Waals surface area contributed by atoms with Crippen molar-refractivity contribution in [2.24, 2.45) is 10.9 Å². The molecule has 37 heavy (non-hydrogen) atoms. The molecule has 0 aliphatic carbocycles. The zero-order valence-corrected chi connectivity index (χ0v) is 21.0. The van der Waals surface area contributed by atoms with Crippen molar-refractivity contribution in [3.63, 3.8) is 0 Å². The number of benzene rings is 1. The zero-order chi connectivity index (χ0) is 26.6. The van der Waals surface area contributed by atoms with E-state index in [9.17, 15) is 23.1 Å². The number of aryl methyl sites for hydroxylation is 2. The maximum atomic E-state index is 13.1. The van der Waals surface area contributed by atoms with Crippen LogP contribution >= 0.6 is 11.3 Å². The van der Waals surface area contributed by atoms with Crippen LogP contribution in [0.1, 0.15) is 51.9 Å². The van der Waals surface area contributed by atoms with E-state index in [0.29, 0.717) is 28.5 Å². The predicted molar refractivity (Wildman–Crippen MR) is 131 cm³/mol. The molecule has 1 aromatic carbocycles. The van der Waals surface area contributed by atoms with Crippen LogP contribution in [-0.2, 0) is 11.0 Å². The summed E-state index contributed by atoms with van der Waals surface area (Å²) >= 11 is 1.54. The number of aromatic nitrogens is 5. The Morgan fingerprint density at radius 2 is 1.76 bits per heavy atom. The molecule has 4 aromatic rings. The molecule has 0 spiro atoms. The topological polar surface area (TPSA) is 106 Å². The lowest BCUT2D eigenvalue weighted by Crippen LogP contribution is -2.21. The first-order valence-corrected chi connectivity index (χ1v) is 12.1. The summed E-state index contributed by atoms with van der Waals surface area (Å²) in [4.78, 5) is 25.6. The molecule has 1 N–H and O–H groups in total. The molecule has 1 unspecified atom stereocenters. The molecule has 0 bridgehead atoms. The van der Waals surface area contributed by atoms with Gasteiger partial charge in [-0.15, -0.1) is 21.5 Å². The van der Waals surface area contributed by atoms with Crippen molar-refractivity contribution in [2.75, 3.05) is 0 Å². The Bertz CT molecular complexity index is 1560. The number of aliphatic carboxylic acids is 1. The number of alkyl halides is 3. The van der Waals surface area contributed by atoms with Gasteiger partial charge in [0, 0.05) is 27.8 Å².